The maximum absolute atomic E-state index is 14.8. The summed E-state index contributed by atoms with van der Waals surface area (Å²) in [5.41, 5.74) is 5.04. The maximum Gasteiger partial charge on any atom is 0.278 e. The molecule has 0 radical (unpaired) electrons. The van der Waals surface area contributed by atoms with Crippen LogP contribution in [0.1, 0.15) is 55.1 Å². The average Bonchev–Trinajstić information content (AvgIpc) is 3.53. The number of nitrogens with one attached hydrogen (secondary N) is 2. The molecule has 6 rings (SSSR count). The number of aromatic nitrogens is 3. The molecule has 0 amide bonds. The van der Waals surface area contributed by atoms with Crippen molar-refractivity contribution in [3.05, 3.63) is 82.0 Å². The number of fused-ring (bicyclic) bond motifs is 2. The highest BCUT2D eigenvalue weighted by Gasteiger charge is 2.43. The third kappa shape index (κ3) is 5.65. The third-order valence-electron chi connectivity index (χ3n) is 8.33. The van der Waals surface area contributed by atoms with Crippen LogP contribution in [0.2, 0.25) is 5.02 Å². The van der Waals surface area contributed by atoms with Gasteiger partial charge in [0.25, 0.3) is 5.79 Å². The molecule has 10 nitrogen and oxygen atoms in total. The van der Waals surface area contributed by atoms with Gasteiger partial charge in [-0.05, 0) is 69.1 Å². The normalized spacial score (nSPS) is 19.6. The van der Waals surface area contributed by atoms with E-state index >= 15 is 0 Å². The quantitative estimate of drug-likeness (QED) is 0.135. The Morgan fingerprint density at radius 3 is 2.77 bits per heavy atom. The van der Waals surface area contributed by atoms with Crippen LogP contribution in [0.3, 0.4) is 0 Å². The highest BCUT2D eigenvalue weighted by atomic mass is 35.5. The number of methoxy groups -OCH3 is 1. The number of hydroxylamine groups is 1. The first-order valence-corrected chi connectivity index (χ1v) is 14.6. The van der Waals surface area contributed by atoms with E-state index in [1.165, 1.54) is 6.07 Å². The van der Waals surface area contributed by atoms with Crippen molar-refractivity contribution in [2.24, 2.45) is 0 Å². The monoisotopic (exact) mass is 608 g/mol. The summed E-state index contributed by atoms with van der Waals surface area (Å²) in [4.78, 5) is 11.8. The summed E-state index contributed by atoms with van der Waals surface area (Å²) < 4.78 is 34.9. The van der Waals surface area contributed by atoms with Crippen LogP contribution in [0.25, 0.3) is 11.2 Å². The molecular weight excluding hydrogens is 575 g/mol. The van der Waals surface area contributed by atoms with E-state index in [1.54, 1.807) is 38.4 Å². The van der Waals surface area contributed by atoms with Gasteiger partial charge in [0.05, 0.1) is 24.8 Å². The maximum atomic E-state index is 14.8. The smallest absolute Gasteiger partial charge is 0.278 e. The lowest BCUT2D eigenvalue weighted by molar-refractivity contribution is -0.0712. The van der Waals surface area contributed by atoms with Gasteiger partial charge in [-0.25, -0.2) is 14.4 Å². The molecule has 12 heteroatoms. The van der Waals surface area contributed by atoms with Crippen molar-refractivity contribution in [2.45, 2.75) is 57.6 Å². The molecule has 43 heavy (non-hydrogen) atoms. The zero-order valence-corrected chi connectivity index (χ0v) is 25.0. The summed E-state index contributed by atoms with van der Waals surface area (Å²) in [6.45, 7) is 6.63. The number of halogens is 2. The van der Waals surface area contributed by atoms with E-state index in [2.05, 4.69) is 20.5 Å². The molecular formula is C31H34ClFN6O4. The molecule has 2 aliphatic rings. The molecule has 0 aliphatic carbocycles. The van der Waals surface area contributed by atoms with Crippen LogP contribution in [-0.4, -0.2) is 56.8 Å². The lowest BCUT2D eigenvalue weighted by Crippen LogP contribution is -2.34. The Morgan fingerprint density at radius 2 is 2.05 bits per heavy atom. The molecule has 1 fully saturated rings. The van der Waals surface area contributed by atoms with E-state index in [4.69, 9.17) is 41.4 Å². The van der Waals surface area contributed by atoms with Crippen molar-refractivity contribution in [3.63, 3.8) is 0 Å². The number of likely N-dealkylation sites (tertiary alicyclic amines) is 1. The second kappa shape index (κ2) is 11.7. The van der Waals surface area contributed by atoms with E-state index < -0.39 is 11.6 Å². The molecule has 3 N–H and O–H groups in total. The van der Waals surface area contributed by atoms with Gasteiger partial charge >= 0.3 is 0 Å². The van der Waals surface area contributed by atoms with Crippen molar-refractivity contribution in [1.29, 1.82) is 5.41 Å². The first kappa shape index (κ1) is 29.3. The Labute approximate surface area is 253 Å². The third-order valence-corrected chi connectivity index (χ3v) is 8.57. The Bertz CT molecular complexity index is 1670. The number of benzene rings is 2. The van der Waals surface area contributed by atoms with E-state index in [0.717, 1.165) is 37.3 Å². The van der Waals surface area contributed by atoms with Gasteiger partial charge in [-0.2, -0.15) is 0 Å². The molecule has 0 saturated carbocycles. The zero-order chi connectivity index (χ0) is 30.3. The van der Waals surface area contributed by atoms with E-state index in [0.29, 0.717) is 51.9 Å². The largest absolute Gasteiger partial charge is 0.444 e. The summed E-state index contributed by atoms with van der Waals surface area (Å²) >= 11 is 5.97. The first-order valence-electron chi connectivity index (χ1n) is 14.2. The van der Waals surface area contributed by atoms with E-state index in [9.17, 15) is 4.39 Å². The molecule has 4 heterocycles. The average molecular weight is 609 g/mol. The van der Waals surface area contributed by atoms with Crippen LogP contribution in [0, 0.1) is 11.2 Å². The molecule has 1 saturated heterocycles. The molecule has 2 unspecified atom stereocenters. The van der Waals surface area contributed by atoms with Gasteiger partial charge in [-0.3, -0.25) is 21.0 Å². The molecule has 2 aromatic heterocycles. The standard InChI is InChI=1S/C31H34ClFN6O4/c1-18(41-3)16-39-27(36-25-13-20(29(34)37-40)15-35-30(25)39)17-38-11-9-19(10-12-38)22-5-4-6-26-28(22)43-31(2,42-26)23-8-7-21(32)14-24(23)33/h4-8,13-15,18-19,40H,9-12,16-17H2,1-3H3,(H2,34,37). The lowest BCUT2D eigenvalue weighted by Gasteiger charge is -2.32. The number of hydrogen-bond acceptors (Lipinski definition) is 8. The second-order valence-electron chi connectivity index (χ2n) is 11.2. The van der Waals surface area contributed by atoms with Gasteiger partial charge < -0.3 is 18.8 Å². The number of amidine groups is 1. The van der Waals surface area contributed by atoms with Gasteiger partial charge in [0.15, 0.2) is 23.0 Å². The molecule has 2 aliphatic heterocycles. The predicted molar refractivity (Wildman–Crippen MR) is 159 cm³/mol. The highest BCUT2D eigenvalue weighted by Crippen LogP contribution is 2.49. The van der Waals surface area contributed by atoms with Crippen molar-refractivity contribution in [1.82, 2.24) is 24.9 Å². The van der Waals surface area contributed by atoms with Crippen LogP contribution in [0.5, 0.6) is 11.5 Å². The van der Waals surface area contributed by atoms with Crippen LogP contribution in [0.4, 0.5) is 4.39 Å². The number of nitrogens with zero attached hydrogens (tertiary/aromatic N) is 4. The van der Waals surface area contributed by atoms with Gasteiger partial charge in [0.1, 0.15) is 17.2 Å². The lowest BCUT2D eigenvalue weighted by atomic mass is 9.88. The summed E-state index contributed by atoms with van der Waals surface area (Å²) in [6.07, 6.45) is 3.31. The fourth-order valence-electron chi connectivity index (χ4n) is 5.94. The Hall–Kier alpha value is -3.77. The van der Waals surface area contributed by atoms with Gasteiger partial charge in [0.2, 0.25) is 0 Å². The Morgan fingerprint density at radius 1 is 1.26 bits per heavy atom. The minimum Gasteiger partial charge on any atom is -0.444 e. The number of para-hydroxylation sites is 1. The summed E-state index contributed by atoms with van der Waals surface area (Å²) in [5.74, 6) is 0.485. The summed E-state index contributed by atoms with van der Waals surface area (Å²) in [6, 6.07) is 12.1. The van der Waals surface area contributed by atoms with Crippen LogP contribution < -0.4 is 15.0 Å². The van der Waals surface area contributed by atoms with Crippen molar-refractivity contribution in [2.75, 3.05) is 20.2 Å². The molecule has 0 spiro atoms. The number of pyridine rings is 1. The summed E-state index contributed by atoms with van der Waals surface area (Å²) in [5, 5.41) is 17.4. The molecule has 2 aromatic carbocycles. The van der Waals surface area contributed by atoms with Gasteiger partial charge in [-0.1, -0.05) is 23.7 Å². The fraction of sp³-hybridized carbons (Fsp3) is 0.387. The number of imidazole rings is 1. The zero-order valence-electron chi connectivity index (χ0n) is 24.2. The number of hydrogen-bond donors (Lipinski definition) is 3. The summed E-state index contributed by atoms with van der Waals surface area (Å²) in [7, 11) is 1.68. The Balaban J connectivity index is 1.19. The van der Waals surface area contributed by atoms with Crippen molar-refractivity contribution >= 4 is 28.6 Å². The molecule has 0 bridgehead atoms. The minimum absolute atomic E-state index is 0.0461. The molecule has 226 valence electrons. The Kier molecular flexibility index (Phi) is 7.99. The van der Waals surface area contributed by atoms with Crippen molar-refractivity contribution < 1.29 is 23.8 Å². The van der Waals surface area contributed by atoms with Gasteiger partial charge in [-0.15, -0.1) is 0 Å². The van der Waals surface area contributed by atoms with E-state index in [-0.39, 0.29) is 17.9 Å². The van der Waals surface area contributed by atoms with E-state index in [1.807, 2.05) is 24.5 Å². The van der Waals surface area contributed by atoms with Crippen LogP contribution in [-0.2, 0) is 23.6 Å². The van der Waals surface area contributed by atoms with Crippen LogP contribution >= 0.6 is 11.6 Å². The number of piperidine rings is 1. The van der Waals surface area contributed by atoms with Gasteiger partial charge in [0, 0.05) is 36.4 Å². The molecule has 2 atom stereocenters. The predicted octanol–water partition coefficient (Wildman–Crippen LogP) is 5.59. The van der Waals surface area contributed by atoms with Crippen molar-refractivity contribution in [3.8, 4) is 11.5 Å². The number of ether oxygens (including phenoxy) is 3. The second-order valence-corrected chi connectivity index (χ2v) is 11.7. The first-order chi connectivity index (χ1) is 20.7. The fourth-order valence-corrected chi connectivity index (χ4v) is 6.10. The topological polar surface area (TPSA) is 118 Å². The number of rotatable bonds is 8. The molecule has 4 aromatic rings. The SMILES string of the molecule is COC(C)Cn1c(CN2CCC(c3cccc4c3OC(C)(c3ccc(Cl)cc3F)O4)CC2)nc2cc(C(=N)NO)cnc21. The highest BCUT2D eigenvalue weighted by molar-refractivity contribution is 6.30. The minimum atomic E-state index is -1.29. The van der Waals surface area contributed by atoms with Crippen LogP contribution in [0.15, 0.2) is 48.7 Å².